The lowest BCUT2D eigenvalue weighted by Crippen LogP contribution is -2.36. The third-order valence-electron chi connectivity index (χ3n) is 3.69. The van der Waals surface area contributed by atoms with Gasteiger partial charge in [0.15, 0.2) is 0 Å². The van der Waals surface area contributed by atoms with Gasteiger partial charge in [-0.1, -0.05) is 0 Å². The summed E-state index contributed by atoms with van der Waals surface area (Å²) in [7, 11) is 0. The molecule has 1 heterocycles. The third kappa shape index (κ3) is 2.32. The summed E-state index contributed by atoms with van der Waals surface area (Å²) in [6.45, 7) is 1.83. The van der Waals surface area contributed by atoms with Crippen molar-refractivity contribution in [3.63, 3.8) is 0 Å². The number of imide groups is 1. The lowest BCUT2D eigenvalue weighted by atomic mass is 10.1. The third-order valence-corrected chi connectivity index (χ3v) is 4.30. The van der Waals surface area contributed by atoms with Gasteiger partial charge in [-0.05, 0) is 53.4 Å². The number of nitrogens with zero attached hydrogens (tertiary/aromatic N) is 1. The Morgan fingerprint density at radius 2 is 2.05 bits per heavy atom. The molecule has 0 bridgehead atoms. The Labute approximate surface area is 124 Å². The van der Waals surface area contributed by atoms with Crippen molar-refractivity contribution in [2.24, 2.45) is 0 Å². The van der Waals surface area contributed by atoms with E-state index in [1.165, 1.54) is 11.0 Å². The highest BCUT2D eigenvalue weighted by Gasteiger charge is 2.46. The van der Waals surface area contributed by atoms with Crippen LogP contribution in [0.4, 0.5) is 10.1 Å². The zero-order valence-electron chi connectivity index (χ0n) is 11.0. The van der Waals surface area contributed by atoms with Crippen molar-refractivity contribution >= 4 is 33.4 Å². The fourth-order valence-electron chi connectivity index (χ4n) is 2.47. The minimum atomic E-state index is -0.581. The molecule has 1 N–H and O–H groups in total. The van der Waals surface area contributed by atoms with Gasteiger partial charge in [0.1, 0.15) is 11.9 Å². The van der Waals surface area contributed by atoms with E-state index in [-0.39, 0.29) is 24.3 Å². The molecule has 6 heteroatoms. The highest BCUT2D eigenvalue weighted by atomic mass is 79.9. The van der Waals surface area contributed by atoms with Gasteiger partial charge in [0.25, 0.3) is 5.91 Å². The first-order chi connectivity index (χ1) is 9.47. The fraction of sp³-hybridized carbons (Fsp3) is 0.429. The van der Waals surface area contributed by atoms with Crippen LogP contribution in [0.2, 0.25) is 0 Å². The van der Waals surface area contributed by atoms with Gasteiger partial charge >= 0.3 is 0 Å². The van der Waals surface area contributed by atoms with E-state index in [0.717, 1.165) is 18.4 Å². The van der Waals surface area contributed by atoms with Crippen LogP contribution in [-0.2, 0) is 9.59 Å². The van der Waals surface area contributed by atoms with E-state index in [1.807, 2.05) is 6.92 Å². The number of aryl methyl sites for hydroxylation is 1. The van der Waals surface area contributed by atoms with Crippen molar-refractivity contribution in [1.82, 2.24) is 4.90 Å². The summed E-state index contributed by atoms with van der Waals surface area (Å²) in [5.74, 6) is -0.723. The van der Waals surface area contributed by atoms with E-state index in [1.54, 1.807) is 6.07 Å². The monoisotopic (exact) mass is 340 g/mol. The van der Waals surface area contributed by atoms with Crippen LogP contribution in [0, 0.1) is 12.7 Å². The fourth-order valence-corrected chi connectivity index (χ4v) is 2.93. The number of nitrogens with one attached hydrogen (secondary N) is 1. The van der Waals surface area contributed by atoms with Crippen LogP contribution in [0.15, 0.2) is 16.6 Å². The maximum absolute atomic E-state index is 13.6. The van der Waals surface area contributed by atoms with E-state index in [9.17, 15) is 14.0 Å². The standard InChI is InChI=1S/C14H14BrFN2O2/c1-7-4-9(15)10(16)5-11(7)17-12-6-13(19)18(14(12)20)8-2-3-8/h4-5,8,12,17H,2-3,6H2,1H3. The van der Waals surface area contributed by atoms with Crippen molar-refractivity contribution in [1.29, 1.82) is 0 Å². The number of amides is 2. The summed E-state index contributed by atoms with van der Waals surface area (Å²) in [4.78, 5) is 25.4. The predicted molar refractivity (Wildman–Crippen MR) is 75.7 cm³/mol. The Hall–Kier alpha value is -1.43. The molecule has 1 unspecified atom stereocenters. The van der Waals surface area contributed by atoms with E-state index in [4.69, 9.17) is 0 Å². The van der Waals surface area contributed by atoms with E-state index >= 15 is 0 Å². The molecule has 0 aromatic heterocycles. The van der Waals surface area contributed by atoms with Crippen molar-refractivity contribution < 1.29 is 14.0 Å². The molecule has 2 fully saturated rings. The highest BCUT2D eigenvalue weighted by molar-refractivity contribution is 9.10. The van der Waals surface area contributed by atoms with Crippen LogP contribution in [0.3, 0.4) is 0 Å². The molecule has 1 atom stereocenters. The Morgan fingerprint density at radius 1 is 1.35 bits per heavy atom. The normalized spacial score (nSPS) is 22.6. The van der Waals surface area contributed by atoms with Crippen molar-refractivity contribution in [3.05, 3.63) is 28.0 Å². The number of hydrogen-bond donors (Lipinski definition) is 1. The second-order valence-electron chi connectivity index (χ2n) is 5.32. The molecular formula is C14H14BrFN2O2. The zero-order valence-corrected chi connectivity index (χ0v) is 12.5. The minimum Gasteiger partial charge on any atom is -0.373 e. The van der Waals surface area contributed by atoms with Gasteiger partial charge in [-0.3, -0.25) is 14.5 Å². The number of anilines is 1. The molecule has 0 radical (unpaired) electrons. The number of carbonyl (C=O) groups excluding carboxylic acids is 2. The number of likely N-dealkylation sites (tertiary alicyclic amines) is 1. The van der Waals surface area contributed by atoms with Gasteiger partial charge < -0.3 is 5.32 Å². The summed E-state index contributed by atoms with van der Waals surface area (Å²) >= 11 is 3.12. The molecule has 1 aromatic rings. The molecule has 106 valence electrons. The molecule has 4 nitrogen and oxygen atoms in total. The van der Waals surface area contributed by atoms with Gasteiger partial charge in [-0.25, -0.2) is 4.39 Å². The lowest BCUT2D eigenvalue weighted by Gasteiger charge is -2.16. The average Bonchev–Trinajstić information content (AvgIpc) is 3.15. The number of benzene rings is 1. The van der Waals surface area contributed by atoms with Gasteiger partial charge in [0, 0.05) is 11.7 Å². The number of carbonyl (C=O) groups is 2. The predicted octanol–water partition coefficient (Wildman–Crippen LogP) is 2.60. The van der Waals surface area contributed by atoms with Crippen LogP contribution >= 0.6 is 15.9 Å². The summed E-state index contributed by atoms with van der Waals surface area (Å²) in [6.07, 6.45) is 1.94. The Balaban J connectivity index is 1.80. The van der Waals surface area contributed by atoms with Gasteiger partial charge in [-0.2, -0.15) is 0 Å². The van der Waals surface area contributed by atoms with Crippen molar-refractivity contribution in [2.75, 3.05) is 5.32 Å². The Bertz CT molecular complexity index is 601. The first-order valence-electron chi connectivity index (χ1n) is 6.55. The maximum Gasteiger partial charge on any atom is 0.252 e. The first-order valence-corrected chi connectivity index (χ1v) is 7.34. The van der Waals surface area contributed by atoms with E-state index in [0.29, 0.717) is 10.2 Å². The van der Waals surface area contributed by atoms with E-state index in [2.05, 4.69) is 21.2 Å². The molecule has 0 spiro atoms. The molecule has 20 heavy (non-hydrogen) atoms. The second kappa shape index (κ2) is 4.84. The molecule has 2 aliphatic rings. The van der Waals surface area contributed by atoms with Crippen LogP contribution in [0.5, 0.6) is 0 Å². The molecule has 3 rings (SSSR count). The average molecular weight is 341 g/mol. The quantitative estimate of drug-likeness (QED) is 0.860. The lowest BCUT2D eigenvalue weighted by molar-refractivity contribution is -0.139. The minimum absolute atomic E-state index is 0.0875. The number of hydrogen-bond acceptors (Lipinski definition) is 3. The summed E-state index contributed by atoms with van der Waals surface area (Å²) < 4.78 is 14.0. The number of halogens is 2. The molecule has 1 aliphatic carbocycles. The second-order valence-corrected chi connectivity index (χ2v) is 6.17. The molecule has 1 aromatic carbocycles. The number of rotatable bonds is 3. The molecule has 2 amide bonds. The Kier molecular flexibility index (Phi) is 3.28. The van der Waals surface area contributed by atoms with Crippen molar-refractivity contribution in [3.8, 4) is 0 Å². The van der Waals surface area contributed by atoms with Gasteiger partial charge in [0.2, 0.25) is 5.91 Å². The first kappa shape index (κ1) is 13.5. The zero-order chi connectivity index (χ0) is 14.4. The molecule has 1 saturated carbocycles. The topological polar surface area (TPSA) is 49.4 Å². The maximum atomic E-state index is 13.6. The van der Waals surface area contributed by atoms with E-state index < -0.39 is 11.9 Å². The van der Waals surface area contributed by atoms with Crippen molar-refractivity contribution in [2.45, 2.75) is 38.3 Å². The molecular weight excluding hydrogens is 327 g/mol. The summed E-state index contributed by atoms with van der Waals surface area (Å²) in [6, 6.07) is 2.50. The smallest absolute Gasteiger partial charge is 0.252 e. The van der Waals surface area contributed by atoms with Crippen LogP contribution in [-0.4, -0.2) is 28.8 Å². The SMILES string of the molecule is Cc1cc(Br)c(F)cc1NC1CC(=O)N(C2CC2)C1=O. The molecule has 1 saturated heterocycles. The van der Waals surface area contributed by atoms with Crippen LogP contribution in [0.25, 0.3) is 0 Å². The van der Waals surface area contributed by atoms with Gasteiger partial charge in [-0.15, -0.1) is 0 Å². The highest BCUT2D eigenvalue weighted by Crippen LogP contribution is 2.33. The largest absolute Gasteiger partial charge is 0.373 e. The summed E-state index contributed by atoms with van der Waals surface area (Å²) in [5, 5.41) is 3.00. The van der Waals surface area contributed by atoms with Gasteiger partial charge in [0.05, 0.1) is 10.9 Å². The van der Waals surface area contributed by atoms with Crippen LogP contribution in [0.1, 0.15) is 24.8 Å². The molecule has 1 aliphatic heterocycles. The Morgan fingerprint density at radius 3 is 2.70 bits per heavy atom. The van der Waals surface area contributed by atoms with Crippen LogP contribution < -0.4 is 5.32 Å². The summed E-state index contributed by atoms with van der Waals surface area (Å²) in [5.41, 5.74) is 1.37.